The highest BCUT2D eigenvalue weighted by molar-refractivity contribution is 7.00. The van der Waals surface area contributed by atoms with E-state index in [9.17, 15) is 0 Å². The van der Waals surface area contributed by atoms with Crippen molar-refractivity contribution in [2.24, 2.45) is 0 Å². The van der Waals surface area contributed by atoms with E-state index in [2.05, 4.69) is 295 Å². The third-order valence-corrected chi connectivity index (χ3v) is 19.3. The molecular formula is C78H79BN4O. The smallest absolute Gasteiger partial charge is 0.252 e. The Kier molecular flexibility index (Phi) is 10.6. The van der Waals surface area contributed by atoms with Crippen LogP contribution in [0.25, 0.3) is 76.9 Å². The summed E-state index contributed by atoms with van der Waals surface area (Å²) >= 11 is 0. The van der Waals surface area contributed by atoms with Crippen LogP contribution < -0.4 is 26.2 Å². The molecule has 0 radical (unpaired) electrons. The van der Waals surface area contributed by atoms with Crippen LogP contribution in [0.5, 0.6) is 0 Å². The maximum absolute atomic E-state index is 6.60. The van der Waals surface area contributed by atoms with Crippen molar-refractivity contribution in [3.63, 3.8) is 0 Å². The maximum atomic E-state index is 6.60. The lowest BCUT2D eigenvalue weighted by Crippen LogP contribution is -2.62. The van der Waals surface area contributed by atoms with E-state index in [1.54, 1.807) is 0 Å². The van der Waals surface area contributed by atoms with Gasteiger partial charge in [-0.1, -0.05) is 173 Å². The summed E-state index contributed by atoms with van der Waals surface area (Å²) in [6.07, 6.45) is 0. The summed E-state index contributed by atoms with van der Waals surface area (Å²) < 4.78 is 11.8. The fourth-order valence-electron chi connectivity index (χ4n) is 14.3. The van der Waals surface area contributed by atoms with Crippen LogP contribution in [0.1, 0.15) is 158 Å². The van der Waals surface area contributed by atoms with Crippen molar-refractivity contribution in [3.05, 3.63) is 185 Å². The van der Waals surface area contributed by atoms with Gasteiger partial charge >= 0.3 is 0 Å². The number of hydrogen-bond acceptors (Lipinski definition) is 3. The minimum Gasteiger partial charge on any atom is -0.456 e. The van der Waals surface area contributed by atoms with Gasteiger partial charge in [-0.3, -0.25) is 0 Å². The maximum Gasteiger partial charge on any atom is 0.252 e. The molecule has 0 amide bonds. The molecule has 0 saturated carbocycles. The molecule has 6 heteroatoms. The Balaban J connectivity index is 1.10. The number of fused-ring (bicyclic) bond motifs is 15. The zero-order chi connectivity index (χ0) is 59.0. The molecule has 12 aromatic rings. The molecule has 5 nitrogen and oxygen atoms in total. The largest absolute Gasteiger partial charge is 0.456 e. The molecule has 0 aliphatic carbocycles. The third kappa shape index (κ3) is 7.60. The molecule has 3 aliphatic rings. The lowest BCUT2D eigenvalue weighted by Gasteiger charge is -2.47. The summed E-state index contributed by atoms with van der Waals surface area (Å²) in [7, 11) is 0. The Morgan fingerprint density at radius 1 is 0.310 bits per heavy atom. The topological polar surface area (TPSA) is 29.5 Å². The molecule has 0 N–H and O–H groups in total. The lowest BCUT2D eigenvalue weighted by atomic mass is 9.33. The van der Waals surface area contributed by atoms with E-state index in [-0.39, 0.29) is 39.2 Å². The monoisotopic (exact) mass is 1100 g/mol. The van der Waals surface area contributed by atoms with Crippen LogP contribution in [-0.2, 0) is 32.5 Å². The van der Waals surface area contributed by atoms with Gasteiger partial charge in [0.05, 0.1) is 39.1 Å². The minimum atomic E-state index is -0.198. The summed E-state index contributed by atoms with van der Waals surface area (Å²) in [6, 6.07) is 59.9. The highest BCUT2D eigenvalue weighted by Gasteiger charge is 2.48. The van der Waals surface area contributed by atoms with Gasteiger partial charge in [-0.25, -0.2) is 0 Å². The first-order valence-electron chi connectivity index (χ1n) is 30.7. The molecule has 0 saturated heterocycles. The van der Waals surface area contributed by atoms with Crippen molar-refractivity contribution in [2.45, 2.75) is 157 Å². The number of nitrogens with zero attached hydrogens (tertiary/aromatic N) is 4. The van der Waals surface area contributed by atoms with E-state index >= 15 is 0 Å². The number of benzene rings is 9. The second-order valence-corrected chi connectivity index (χ2v) is 31.2. The van der Waals surface area contributed by atoms with Gasteiger partial charge in [0.1, 0.15) is 11.2 Å². The van der Waals surface area contributed by atoms with Crippen LogP contribution in [-0.4, -0.2) is 15.8 Å². The van der Waals surface area contributed by atoms with E-state index in [4.69, 9.17) is 4.42 Å². The Labute approximate surface area is 497 Å². The van der Waals surface area contributed by atoms with Crippen molar-refractivity contribution in [2.75, 3.05) is 9.80 Å². The van der Waals surface area contributed by atoms with Crippen molar-refractivity contribution < 1.29 is 4.42 Å². The Bertz CT molecular complexity index is 4790. The summed E-state index contributed by atoms with van der Waals surface area (Å²) in [6.45, 7) is 42.4. The normalized spacial score (nSPS) is 14.5. The Hall–Kier alpha value is -7.96. The standard InChI is InChI=1S/C78H79BN4O/c1-73(2,3)44-23-29-60-53(33-44)54-34-45(74(4,5)6)24-30-61(54)80(60)51-26-28-58-63(43-51)81(50-27-32-69-56(42-50)52-21-19-20-22-68(52)84-69)64-38-49(78(16,17)18)39-65-70(64)79(58)59-37-48(77(13,14)15)41-67-72(59)83(65)66-40-47(76(10,11)12)36-57-55-35-46(75(7,8)9)25-31-62(55)82(67)71(57)66/h19-43H,1-18H3. The van der Waals surface area contributed by atoms with Gasteiger partial charge in [-0.2, -0.15) is 0 Å². The molecule has 84 heavy (non-hydrogen) atoms. The first kappa shape index (κ1) is 52.8. The number of para-hydroxylation sites is 1. The van der Waals surface area contributed by atoms with Gasteiger partial charge in [-0.05, 0) is 185 Å². The molecule has 6 heterocycles. The Morgan fingerprint density at radius 3 is 1.36 bits per heavy atom. The quantitative estimate of drug-likeness (QED) is 0.162. The van der Waals surface area contributed by atoms with Gasteiger partial charge in [0.15, 0.2) is 0 Å². The van der Waals surface area contributed by atoms with Crippen molar-refractivity contribution in [1.82, 2.24) is 9.13 Å². The van der Waals surface area contributed by atoms with Gasteiger partial charge in [0, 0.05) is 60.8 Å². The average Bonchev–Trinajstić information content (AvgIpc) is 1.11. The minimum absolute atomic E-state index is 0.0115. The molecule has 0 spiro atoms. The van der Waals surface area contributed by atoms with E-state index in [0.717, 1.165) is 33.3 Å². The van der Waals surface area contributed by atoms with Crippen LogP contribution in [0.4, 0.5) is 34.1 Å². The average molecular weight is 1100 g/mol. The molecule has 3 aliphatic heterocycles. The number of hydrogen-bond donors (Lipinski definition) is 0. The zero-order valence-corrected chi connectivity index (χ0v) is 52.7. The Morgan fingerprint density at radius 2 is 0.774 bits per heavy atom. The molecule has 0 fully saturated rings. The van der Waals surface area contributed by atoms with E-state index < -0.39 is 0 Å². The van der Waals surface area contributed by atoms with Crippen LogP contribution in [0, 0.1) is 0 Å². The van der Waals surface area contributed by atoms with E-state index in [1.165, 1.54) is 128 Å². The van der Waals surface area contributed by atoms with Gasteiger partial charge < -0.3 is 23.4 Å². The second-order valence-electron chi connectivity index (χ2n) is 31.2. The molecule has 420 valence electrons. The molecule has 0 bridgehead atoms. The number of rotatable bonds is 2. The van der Waals surface area contributed by atoms with Crippen molar-refractivity contribution in [3.8, 4) is 11.4 Å². The molecule has 3 aromatic heterocycles. The second kappa shape index (κ2) is 16.9. The highest BCUT2D eigenvalue weighted by atomic mass is 16.3. The summed E-state index contributed by atoms with van der Waals surface area (Å²) in [5, 5.41) is 7.42. The lowest BCUT2D eigenvalue weighted by molar-refractivity contribution is 0.589. The predicted molar refractivity (Wildman–Crippen MR) is 362 cm³/mol. The SMILES string of the molecule is CC(C)(C)c1cc2c3c(c1)N1c4c(cc(C(C)(C)C)cc4-n4c5ccc(C(C)(C)C)cc5c5cc(C(C)(C)C)cc1c54)B3c1ccc(-n3c4ccc(C(C)(C)C)cc4c4cc(C(C)(C)C)ccc43)cc1N2c1ccc2oc3ccccc3c2c1. The van der Waals surface area contributed by atoms with Crippen LogP contribution in [0.3, 0.4) is 0 Å². The third-order valence-electron chi connectivity index (χ3n) is 19.3. The van der Waals surface area contributed by atoms with Crippen LogP contribution >= 0.6 is 0 Å². The first-order chi connectivity index (χ1) is 39.4. The van der Waals surface area contributed by atoms with E-state index in [0.29, 0.717) is 0 Å². The highest BCUT2D eigenvalue weighted by Crippen LogP contribution is 2.55. The molecule has 0 atom stereocenters. The van der Waals surface area contributed by atoms with Gasteiger partial charge in [-0.15, -0.1) is 0 Å². The molecular weight excluding hydrogens is 1020 g/mol. The molecule has 15 rings (SSSR count). The summed E-state index contributed by atoms with van der Waals surface area (Å²) in [5.74, 6) is 0. The number of furan rings is 1. The molecule has 0 unspecified atom stereocenters. The summed E-state index contributed by atoms with van der Waals surface area (Å²) in [5.41, 5.74) is 27.8. The summed E-state index contributed by atoms with van der Waals surface area (Å²) in [4.78, 5) is 5.35. The van der Waals surface area contributed by atoms with Gasteiger partial charge in [0.25, 0.3) is 6.71 Å². The number of anilines is 6. The van der Waals surface area contributed by atoms with E-state index in [1.807, 2.05) is 0 Å². The van der Waals surface area contributed by atoms with Crippen molar-refractivity contribution in [1.29, 1.82) is 0 Å². The van der Waals surface area contributed by atoms with Gasteiger partial charge in [0.2, 0.25) is 0 Å². The fourth-order valence-corrected chi connectivity index (χ4v) is 14.3. The van der Waals surface area contributed by atoms with Crippen molar-refractivity contribution >= 4 is 123 Å². The predicted octanol–water partition coefficient (Wildman–Crippen LogP) is 20.0. The fraction of sp³-hybridized carbons (Fsp3) is 0.308. The molecule has 9 aromatic carbocycles. The van der Waals surface area contributed by atoms with Crippen LogP contribution in [0.2, 0.25) is 0 Å². The number of aromatic nitrogens is 2. The van der Waals surface area contributed by atoms with Crippen LogP contribution in [0.15, 0.2) is 156 Å². The first-order valence-corrected chi connectivity index (χ1v) is 30.7. The zero-order valence-electron chi connectivity index (χ0n) is 52.7.